The lowest BCUT2D eigenvalue weighted by atomic mass is 9.96. The topological polar surface area (TPSA) is 51.8 Å². The molecule has 0 aliphatic carbocycles. The molecule has 7 aromatic carbocycles. The first-order valence-electron chi connectivity index (χ1n) is 15.4. The van der Waals surface area contributed by atoms with E-state index in [4.69, 9.17) is 19.4 Å². The summed E-state index contributed by atoms with van der Waals surface area (Å²) >= 11 is 0. The molecule has 0 N–H and O–H groups in total. The Morgan fingerprint density at radius 2 is 1.07 bits per heavy atom. The predicted molar refractivity (Wildman–Crippen MR) is 189 cm³/mol. The van der Waals surface area contributed by atoms with E-state index >= 15 is 0 Å². The second-order valence-electron chi connectivity index (χ2n) is 11.8. The van der Waals surface area contributed by atoms with Crippen molar-refractivity contribution in [2.24, 2.45) is 0 Å². The van der Waals surface area contributed by atoms with E-state index in [2.05, 4.69) is 128 Å². The molecule has 0 radical (unpaired) electrons. The van der Waals surface area contributed by atoms with Crippen LogP contribution in [0.25, 0.3) is 88.8 Å². The van der Waals surface area contributed by atoms with Crippen LogP contribution in [-0.4, -0.2) is 15.0 Å². The Morgan fingerprint density at radius 3 is 1.91 bits per heavy atom. The highest BCUT2D eigenvalue weighted by Gasteiger charge is 2.16. The first kappa shape index (κ1) is 26.3. The summed E-state index contributed by atoms with van der Waals surface area (Å²) in [7, 11) is 0. The van der Waals surface area contributed by atoms with Gasteiger partial charge in [0.25, 0.3) is 0 Å². The molecule has 0 saturated carbocycles. The number of furan rings is 1. The lowest BCUT2D eigenvalue weighted by molar-refractivity contribution is 0.669. The molecule has 9 aromatic rings. The Hall–Kier alpha value is -6.13. The number of aromatic nitrogens is 3. The van der Waals surface area contributed by atoms with Crippen LogP contribution in [0.4, 0.5) is 0 Å². The van der Waals surface area contributed by atoms with E-state index in [1.807, 2.05) is 24.3 Å². The van der Waals surface area contributed by atoms with Gasteiger partial charge in [-0.2, -0.15) is 0 Å². The molecular weight excluding hydrogens is 562 g/mol. The van der Waals surface area contributed by atoms with E-state index in [1.54, 1.807) is 0 Å². The van der Waals surface area contributed by atoms with Crippen molar-refractivity contribution in [2.75, 3.05) is 0 Å². The fourth-order valence-corrected chi connectivity index (χ4v) is 6.49. The second kappa shape index (κ2) is 10.5. The van der Waals surface area contributed by atoms with Gasteiger partial charge in [-0.1, -0.05) is 127 Å². The van der Waals surface area contributed by atoms with Crippen LogP contribution in [0.2, 0.25) is 0 Å². The van der Waals surface area contributed by atoms with Gasteiger partial charge in [-0.3, -0.25) is 0 Å². The van der Waals surface area contributed by atoms with E-state index < -0.39 is 0 Å². The van der Waals surface area contributed by atoms with Gasteiger partial charge < -0.3 is 4.42 Å². The highest BCUT2D eigenvalue weighted by molar-refractivity contribution is 6.17. The molecule has 4 heteroatoms. The molecule has 46 heavy (non-hydrogen) atoms. The maximum Gasteiger partial charge on any atom is 0.164 e. The highest BCUT2D eigenvalue weighted by Crippen LogP contribution is 2.38. The van der Waals surface area contributed by atoms with E-state index in [9.17, 15) is 0 Å². The van der Waals surface area contributed by atoms with Crippen molar-refractivity contribution in [1.29, 1.82) is 0 Å². The summed E-state index contributed by atoms with van der Waals surface area (Å²) in [4.78, 5) is 15.2. The Kier molecular flexibility index (Phi) is 6.00. The third kappa shape index (κ3) is 4.42. The van der Waals surface area contributed by atoms with Crippen molar-refractivity contribution in [2.45, 2.75) is 6.92 Å². The van der Waals surface area contributed by atoms with Crippen molar-refractivity contribution in [3.63, 3.8) is 0 Å². The molecule has 0 saturated heterocycles. The van der Waals surface area contributed by atoms with Crippen molar-refractivity contribution in [3.05, 3.63) is 151 Å². The number of benzene rings is 7. The lowest BCUT2D eigenvalue weighted by Crippen LogP contribution is -2.00. The van der Waals surface area contributed by atoms with Gasteiger partial charge in [0.2, 0.25) is 0 Å². The number of aryl methyl sites for hydroxylation is 1. The molecule has 0 fully saturated rings. The Labute approximate surface area is 265 Å². The van der Waals surface area contributed by atoms with Gasteiger partial charge >= 0.3 is 0 Å². The minimum Gasteiger partial charge on any atom is -0.456 e. The molecule has 0 unspecified atom stereocenters. The van der Waals surface area contributed by atoms with Crippen LogP contribution < -0.4 is 0 Å². The summed E-state index contributed by atoms with van der Waals surface area (Å²) in [6.07, 6.45) is 0. The number of hydrogen-bond donors (Lipinski definition) is 0. The summed E-state index contributed by atoms with van der Waals surface area (Å²) in [6, 6.07) is 50.5. The molecule has 0 aliphatic rings. The Balaban J connectivity index is 1.23. The minimum absolute atomic E-state index is 0.642. The summed E-state index contributed by atoms with van der Waals surface area (Å²) in [5.41, 5.74) is 8.12. The van der Waals surface area contributed by atoms with Gasteiger partial charge in [-0.25, -0.2) is 15.0 Å². The van der Waals surface area contributed by atoms with Crippen molar-refractivity contribution in [3.8, 4) is 45.3 Å². The van der Waals surface area contributed by atoms with E-state index in [0.717, 1.165) is 65.9 Å². The highest BCUT2D eigenvalue weighted by atomic mass is 16.3. The van der Waals surface area contributed by atoms with Gasteiger partial charge in [-0.15, -0.1) is 0 Å². The van der Waals surface area contributed by atoms with Crippen molar-refractivity contribution in [1.82, 2.24) is 15.0 Å². The van der Waals surface area contributed by atoms with Crippen molar-refractivity contribution >= 4 is 43.5 Å². The van der Waals surface area contributed by atoms with Gasteiger partial charge in [-0.05, 0) is 63.9 Å². The quantitative estimate of drug-likeness (QED) is 0.192. The maximum absolute atomic E-state index is 6.27. The zero-order valence-corrected chi connectivity index (χ0v) is 25.1. The summed E-state index contributed by atoms with van der Waals surface area (Å²) in [5, 5.41) is 6.77. The monoisotopic (exact) mass is 589 g/mol. The molecule has 4 nitrogen and oxygen atoms in total. The molecule has 2 aromatic heterocycles. The Bertz CT molecular complexity index is 2590. The summed E-state index contributed by atoms with van der Waals surface area (Å²) in [5.74, 6) is 1.93. The van der Waals surface area contributed by atoms with Crippen LogP contribution in [-0.2, 0) is 0 Å². The fraction of sp³-hybridized carbons (Fsp3) is 0.0238. The molecule has 0 amide bonds. The molecule has 0 spiro atoms. The van der Waals surface area contributed by atoms with Crippen LogP contribution in [0.1, 0.15) is 5.56 Å². The SMILES string of the molecule is Cc1cccc(-c2nc(-c3ccc(-c4ccccc4)cc3)nc(-c3cccc4c3ccc3cc5c(cc34)oc3ccccc35)n2)c1. The van der Waals surface area contributed by atoms with Gasteiger partial charge in [0.1, 0.15) is 11.2 Å². The average Bonchev–Trinajstić information content (AvgIpc) is 3.48. The zero-order chi connectivity index (χ0) is 30.6. The first-order chi connectivity index (χ1) is 22.7. The molecule has 2 heterocycles. The maximum atomic E-state index is 6.27. The van der Waals surface area contributed by atoms with Crippen LogP contribution >= 0.6 is 0 Å². The first-order valence-corrected chi connectivity index (χ1v) is 15.4. The third-order valence-corrected chi connectivity index (χ3v) is 8.78. The van der Waals surface area contributed by atoms with Crippen molar-refractivity contribution < 1.29 is 4.42 Å². The molecule has 0 aliphatic heterocycles. The minimum atomic E-state index is 0.642. The van der Waals surface area contributed by atoms with Gasteiger partial charge in [0.05, 0.1) is 0 Å². The van der Waals surface area contributed by atoms with E-state index in [0.29, 0.717) is 17.5 Å². The standard InChI is InChI=1S/C42H27N3O/c1-26-9-7-12-31(23-26)41-43-40(29-19-17-28(18-20-29)27-10-3-2-4-11-27)44-42(45-41)35-15-8-14-32-33(35)22-21-30-24-37-34-13-5-6-16-38(34)46-39(37)25-36(30)32/h2-25H,1H3. The summed E-state index contributed by atoms with van der Waals surface area (Å²) in [6.45, 7) is 2.09. The van der Waals surface area contributed by atoms with E-state index in [-0.39, 0.29) is 0 Å². The smallest absolute Gasteiger partial charge is 0.164 e. The van der Waals surface area contributed by atoms with Crippen LogP contribution in [0.15, 0.2) is 150 Å². The van der Waals surface area contributed by atoms with Crippen LogP contribution in [0.5, 0.6) is 0 Å². The normalized spacial score (nSPS) is 11.6. The number of rotatable bonds is 4. The van der Waals surface area contributed by atoms with E-state index in [1.165, 1.54) is 10.9 Å². The van der Waals surface area contributed by atoms with Gasteiger partial charge in [0, 0.05) is 27.5 Å². The fourth-order valence-electron chi connectivity index (χ4n) is 6.49. The molecule has 0 bridgehead atoms. The largest absolute Gasteiger partial charge is 0.456 e. The van der Waals surface area contributed by atoms with Crippen LogP contribution in [0, 0.1) is 6.92 Å². The van der Waals surface area contributed by atoms with Crippen LogP contribution in [0.3, 0.4) is 0 Å². The second-order valence-corrected chi connectivity index (χ2v) is 11.8. The Morgan fingerprint density at radius 1 is 0.391 bits per heavy atom. The van der Waals surface area contributed by atoms with Gasteiger partial charge in [0.15, 0.2) is 17.5 Å². The molecule has 9 rings (SSSR count). The summed E-state index contributed by atoms with van der Waals surface area (Å²) < 4.78 is 6.27. The average molecular weight is 590 g/mol. The number of fused-ring (bicyclic) bond motifs is 6. The zero-order valence-electron chi connectivity index (χ0n) is 25.1. The third-order valence-electron chi connectivity index (χ3n) is 8.78. The predicted octanol–water partition coefficient (Wildman–Crippen LogP) is 11.1. The molecular formula is C42H27N3O. The lowest BCUT2D eigenvalue weighted by Gasteiger charge is -2.12. The number of hydrogen-bond acceptors (Lipinski definition) is 4. The molecule has 0 atom stereocenters. The number of nitrogens with zero attached hydrogens (tertiary/aromatic N) is 3. The molecule has 216 valence electrons. The number of para-hydroxylation sites is 1.